The van der Waals surface area contributed by atoms with Gasteiger partial charge in [-0.2, -0.15) is 5.10 Å². The van der Waals surface area contributed by atoms with Gasteiger partial charge in [-0.3, -0.25) is 14.3 Å². The number of aryl methyl sites for hydroxylation is 2. The van der Waals surface area contributed by atoms with Crippen LogP contribution < -0.4 is 15.4 Å². The van der Waals surface area contributed by atoms with Crippen molar-refractivity contribution in [3.63, 3.8) is 0 Å². The van der Waals surface area contributed by atoms with E-state index in [1.807, 2.05) is 24.0 Å². The van der Waals surface area contributed by atoms with Crippen LogP contribution in [0.2, 0.25) is 0 Å². The molecule has 254 valence electrons. The molecule has 3 aromatic rings. The Labute approximate surface area is 275 Å². The molecule has 11 heteroatoms. The van der Waals surface area contributed by atoms with Crippen molar-refractivity contribution in [2.75, 3.05) is 20.2 Å². The Morgan fingerprint density at radius 3 is 2.57 bits per heavy atom. The van der Waals surface area contributed by atoms with E-state index in [4.69, 9.17) is 4.74 Å². The second-order valence-corrected chi connectivity index (χ2v) is 12.7. The fraction of sp³-hybridized carbons (Fsp3) is 0.528. The third-order valence-electron chi connectivity index (χ3n) is 9.44. The molecular formula is C36H47F2N5O4. The maximum absolute atomic E-state index is 14.1. The number of carbonyl (C=O) groups is 2. The normalized spacial score (nSPS) is 19.1. The number of nitrogens with one attached hydrogen (secondary N) is 2. The van der Waals surface area contributed by atoms with Gasteiger partial charge in [-0.25, -0.2) is 8.78 Å². The lowest BCUT2D eigenvalue weighted by Crippen LogP contribution is -2.49. The summed E-state index contributed by atoms with van der Waals surface area (Å²) in [6, 6.07) is 9.90. The zero-order chi connectivity index (χ0) is 33.5. The third-order valence-corrected chi connectivity index (χ3v) is 9.44. The van der Waals surface area contributed by atoms with Crippen LogP contribution in [0.25, 0.3) is 0 Å². The van der Waals surface area contributed by atoms with E-state index in [0.717, 1.165) is 68.7 Å². The summed E-state index contributed by atoms with van der Waals surface area (Å²) in [4.78, 5) is 29.3. The number of rotatable bonds is 13. The van der Waals surface area contributed by atoms with Crippen LogP contribution in [0, 0.1) is 11.6 Å². The van der Waals surface area contributed by atoms with Gasteiger partial charge in [0.1, 0.15) is 23.1 Å². The number of benzene rings is 2. The molecule has 47 heavy (non-hydrogen) atoms. The molecule has 2 aliphatic rings. The lowest BCUT2D eigenvalue weighted by atomic mass is 9.87. The van der Waals surface area contributed by atoms with E-state index in [1.54, 1.807) is 11.8 Å². The summed E-state index contributed by atoms with van der Waals surface area (Å²) >= 11 is 0. The van der Waals surface area contributed by atoms with Gasteiger partial charge < -0.3 is 25.4 Å². The number of aliphatic hydroxyl groups is 1. The Bertz CT molecular complexity index is 1520. The quantitative estimate of drug-likeness (QED) is 0.230. The number of ether oxygens (including phenoxy) is 1. The molecule has 2 amide bonds. The summed E-state index contributed by atoms with van der Waals surface area (Å²) in [5, 5.41) is 22.2. The van der Waals surface area contributed by atoms with Crippen molar-refractivity contribution in [2.45, 2.75) is 102 Å². The minimum absolute atomic E-state index is 0.0227. The van der Waals surface area contributed by atoms with E-state index in [1.165, 1.54) is 23.8 Å². The number of methoxy groups -OCH3 is 1. The topological polar surface area (TPSA) is 109 Å². The molecule has 4 atom stereocenters. The van der Waals surface area contributed by atoms with Crippen molar-refractivity contribution < 1.29 is 28.2 Å². The highest BCUT2D eigenvalue weighted by molar-refractivity contribution is 5.98. The zero-order valence-electron chi connectivity index (χ0n) is 27.6. The largest absolute Gasteiger partial charge is 0.497 e. The molecule has 1 fully saturated rings. The van der Waals surface area contributed by atoms with Gasteiger partial charge in [-0.15, -0.1) is 0 Å². The first-order valence-corrected chi connectivity index (χ1v) is 16.9. The molecular weight excluding hydrogens is 604 g/mol. The molecule has 1 unspecified atom stereocenters. The van der Waals surface area contributed by atoms with Crippen molar-refractivity contribution in [1.29, 1.82) is 0 Å². The van der Waals surface area contributed by atoms with Gasteiger partial charge >= 0.3 is 0 Å². The number of aliphatic hydroxyl groups excluding tert-OH is 1. The van der Waals surface area contributed by atoms with E-state index in [-0.39, 0.29) is 36.7 Å². The van der Waals surface area contributed by atoms with Crippen LogP contribution in [-0.2, 0) is 19.4 Å². The molecule has 2 heterocycles. The van der Waals surface area contributed by atoms with Crippen LogP contribution in [-0.4, -0.2) is 70.0 Å². The first-order chi connectivity index (χ1) is 22.7. The first-order valence-electron chi connectivity index (χ1n) is 16.9. The van der Waals surface area contributed by atoms with Crippen molar-refractivity contribution in [3.05, 3.63) is 82.2 Å². The highest BCUT2D eigenvalue weighted by atomic mass is 19.1. The van der Waals surface area contributed by atoms with E-state index >= 15 is 0 Å². The predicted molar refractivity (Wildman–Crippen MR) is 175 cm³/mol. The van der Waals surface area contributed by atoms with Gasteiger partial charge in [0.2, 0.25) is 0 Å². The second-order valence-electron chi connectivity index (χ2n) is 12.7. The van der Waals surface area contributed by atoms with Gasteiger partial charge in [-0.05, 0) is 99.2 Å². The van der Waals surface area contributed by atoms with Gasteiger partial charge in [-0.1, -0.05) is 19.4 Å². The number of hydrogen-bond donors (Lipinski definition) is 3. The van der Waals surface area contributed by atoms with Crippen LogP contribution in [0.15, 0.2) is 42.5 Å². The smallest absolute Gasteiger partial charge is 0.272 e. The molecule has 0 saturated carbocycles. The highest BCUT2D eigenvalue weighted by Gasteiger charge is 2.31. The Hall–Kier alpha value is -3.83. The molecule has 9 nitrogen and oxygen atoms in total. The number of nitrogens with zero attached hydrogens (tertiary/aromatic N) is 3. The third kappa shape index (κ3) is 8.37. The molecule has 0 spiro atoms. The molecule has 1 aliphatic carbocycles. The van der Waals surface area contributed by atoms with Gasteiger partial charge in [0.15, 0.2) is 5.69 Å². The zero-order valence-corrected chi connectivity index (χ0v) is 27.6. The summed E-state index contributed by atoms with van der Waals surface area (Å²) in [6.07, 6.45) is 6.55. The molecule has 2 aromatic carbocycles. The number of carbonyl (C=O) groups excluding carboxylic acids is 2. The number of likely N-dealkylation sites (tertiary alicyclic amines) is 1. The summed E-state index contributed by atoms with van der Waals surface area (Å²) in [5.41, 5.74) is 3.00. The average Bonchev–Trinajstić information content (AvgIpc) is 3.51. The standard InChI is InChI=1S/C36H47F2N5O4/c1-4-9-27-11-6-7-15-42(27)36(46)33-21-32(41-43(33)5-2)35(45)40-31(18-23-16-25(37)19-26(38)17-23)34(44)22-39-30-12-8-10-24-13-14-28(47-3)20-29(24)30/h13-14,16-17,19-21,27,30-31,34,39,44H,4-12,15,18,22H2,1-3H3,(H,40,45)/t27?,30-,31-,34+/m0/s1. The maximum Gasteiger partial charge on any atom is 0.272 e. The first kappa shape index (κ1) is 34.5. The molecule has 1 saturated heterocycles. The summed E-state index contributed by atoms with van der Waals surface area (Å²) in [6.45, 7) is 5.15. The summed E-state index contributed by atoms with van der Waals surface area (Å²) in [5.74, 6) is -1.45. The highest BCUT2D eigenvalue weighted by Crippen LogP contribution is 2.32. The lowest BCUT2D eigenvalue weighted by molar-refractivity contribution is 0.0588. The van der Waals surface area contributed by atoms with E-state index in [2.05, 4.69) is 28.7 Å². The Morgan fingerprint density at radius 1 is 1.06 bits per heavy atom. The van der Waals surface area contributed by atoms with Crippen molar-refractivity contribution in [3.8, 4) is 5.75 Å². The van der Waals surface area contributed by atoms with Crippen LogP contribution in [0.3, 0.4) is 0 Å². The number of hydrogen-bond acceptors (Lipinski definition) is 6. The molecule has 3 N–H and O–H groups in total. The Kier molecular flexibility index (Phi) is 11.6. The fourth-order valence-electron chi connectivity index (χ4n) is 7.02. The minimum Gasteiger partial charge on any atom is -0.497 e. The van der Waals surface area contributed by atoms with Gasteiger partial charge in [0, 0.05) is 43.9 Å². The average molecular weight is 652 g/mol. The van der Waals surface area contributed by atoms with Gasteiger partial charge in [0.05, 0.1) is 19.3 Å². The van der Waals surface area contributed by atoms with E-state index in [9.17, 15) is 23.5 Å². The molecule has 1 aromatic heterocycles. The number of halogens is 2. The number of fused-ring (bicyclic) bond motifs is 1. The van der Waals surface area contributed by atoms with Crippen LogP contribution in [0.1, 0.15) is 103 Å². The van der Waals surface area contributed by atoms with Crippen LogP contribution >= 0.6 is 0 Å². The monoisotopic (exact) mass is 651 g/mol. The van der Waals surface area contributed by atoms with Crippen LogP contribution in [0.5, 0.6) is 5.75 Å². The molecule has 0 bridgehead atoms. The fourth-order valence-corrected chi connectivity index (χ4v) is 7.02. The Balaban J connectivity index is 1.35. The lowest BCUT2D eigenvalue weighted by Gasteiger charge is -2.35. The van der Waals surface area contributed by atoms with Crippen molar-refractivity contribution in [1.82, 2.24) is 25.3 Å². The van der Waals surface area contributed by atoms with Crippen molar-refractivity contribution in [2.24, 2.45) is 0 Å². The Morgan fingerprint density at radius 2 is 1.85 bits per heavy atom. The number of piperidine rings is 1. The molecule has 0 radical (unpaired) electrons. The maximum atomic E-state index is 14.1. The predicted octanol–water partition coefficient (Wildman–Crippen LogP) is 5.35. The van der Waals surface area contributed by atoms with E-state index < -0.39 is 29.7 Å². The van der Waals surface area contributed by atoms with E-state index in [0.29, 0.717) is 24.3 Å². The van der Waals surface area contributed by atoms with Gasteiger partial charge in [0.25, 0.3) is 11.8 Å². The number of aromatic nitrogens is 2. The summed E-state index contributed by atoms with van der Waals surface area (Å²) in [7, 11) is 1.62. The second kappa shape index (κ2) is 15.8. The van der Waals surface area contributed by atoms with Crippen LogP contribution in [0.4, 0.5) is 8.78 Å². The number of amides is 2. The molecule has 1 aliphatic heterocycles. The molecule has 5 rings (SSSR count). The minimum atomic E-state index is -1.11. The summed E-state index contributed by atoms with van der Waals surface area (Å²) < 4.78 is 35.2. The SMILES string of the molecule is CCCC1CCCCN1C(=O)c1cc(C(=O)N[C@@H](Cc2cc(F)cc(F)c2)[C@H](O)CN[C@H]2CCCc3ccc(OC)cc32)nn1CC. The van der Waals surface area contributed by atoms with Crippen molar-refractivity contribution >= 4 is 11.8 Å².